The van der Waals surface area contributed by atoms with Crippen molar-refractivity contribution in [2.24, 2.45) is 0 Å². The average Bonchev–Trinajstić information content (AvgIpc) is 1.99. The Balaban J connectivity index is 4.37. The molecule has 82 valence electrons. The number of nitrogens with one attached hydrogen (secondary N) is 1. The first kappa shape index (κ1) is 13.4. The van der Waals surface area contributed by atoms with Crippen molar-refractivity contribution in [2.75, 3.05) is 0 Å². The van der Waals surface area contributed by atoms with Crippen molar-refractivity contribution < 1.29 is 9.90 Å². The van der Waals surface area contributed by atoms with Crippen molar-refractivity contribution in [3.63, 3.8) is 0 Å². The first-order valence-corrected chi connectivity index (χ1v) is 5.23. The van der Waals surface area contributed by atoms with Gasteiger partial charge in [0.05, 0.1) is 12.5 Å². The molecule has 0 aliphatic carbocycles. The highest BCUT2D eigenvalue weighted by atomic mass is 16.7. The van der Waals surface area contributed by atoms with E-state index in [1.54, 1.807) is 0 Å². The van der Waals surface area contributed by atoms with Gasteiger partial charge in [-0.25, -0.2) is 0 Å². The van der Waals surface area contributed by atoms with Gasteiger partial charge in [-0.05, 0) is 41.5 Å². The molecule has 0 aromatic rings. The van der Waals surface area contributed by atoms with Crippen molar-refractivity contribution in [1.29, 1.82) is 5.26 Å². The number of quaternary nitrogens is 1. The van der Waals surface area contributed by atoms with E-state index in [-0.39, 0.29) is 5.60 Å². The van der Waals surface area contributed by atoms with Gasteiger partial charge in [0.2, 0.25) is 0 Å². The quantitative estimate of drug-likeness (QED) is 0.678. The lowest BCUT2D eigenvalue weighted by Crippen LogP contribution is -3.18. The fourth-order valence-electron chi connectivity index (χ4n) is 1.45. The van der Waals surface area contributed by atoms with Crippen LogP contribution in [-0.4, -0.2) is 17.7 Å². The third-order valence-electron chi connectivity index (χ3n) is 2.04. The molecule has 0 amide bonds. The Kier molecular flexibility index (Phi) is 5.11. The molecule has 0 saturated heterocycles. The summed E-state index contributed by atoms with van der Waals surface area (Å²) < 4.78 is 0. The van der Waals surface area contributed by atoms with E-state index in [1.807, 2.05) is 13.8 Å². The summed E-state index contributed by atoms with van der Waals surface area (Å²) in [6, 6.07) is 2.97. The van der Waals surface area contributed by atoms with E-state index in [9.17, 15) is 0 Å². The van der Waals surface area contributed by atoms with Gasteiger partial charge in [0, 0.05) is 0 Å². The van der Waals surface area contributed by atoms with Crippen LogP contribution in [0.3, 0.4) is 0 Å². The maximum Gasteiger partial charge on any atom is 0.134 e. The molecule has 0 atom stereocenters. The second kappa shape index (κ2) is 5.33. The van der Waals surface area contributed by atoms with E-state index >= 15 is 0 Å². The van der Waals surface area contributed by atoms with E-state index in [0.29, 0.717) is 18.5 Å². The van der Waals surface area contributed by atoms with Gasteiger partial charge >= 0.3 is 0 Å². The molecule has 0 aliphatic heterocycles. The van der Waals surface area contributed by atoms with Gasteiger partial charge in [-0.15, -0.1) is 0 Å². The number of hydrogen-bond acceptors (Lipinski definition) is 2. The topological polar surface area (TPSA) is 37.5 Å². The van der Waals surface area contributed by atoms with Crippen LogP contribution in [-0.2, 0) is 4.84 Å². The van der Waals surface area contributed by atoms with Crippen LogP contribution in [0.2, 0.25) is 0 Å². The SMILES string of the molecule is CC(C)[NH+](OC(C)(C)CC#N)C(C)C. The lowest BCUT2D eigenvalue weighted by Gasteiger charge is -2.32. The standard InChI is InChI=1S/C11H22N2O/c1-9(2)13(10(3)4)14-11(5,6)7-8-12/h9-10H,7H2,1-6H3/p+1. The Bertz CT molecular complexity index is 196. The fraction of sp³-hybridized carbons (Fsp3) is 0.909. The van der Waals surface area contributed by atoms with Gasteiger partial charge in [0.15, 0.2) is 0 Å². The van der Waals surface area contributed by atoms with Gasteiger partial charge in [-0.2, -0.15) is 15.2 Å². The van der Waals surface area contributed by atoms with Crippen LogP contribution in [0.25, 0.3) is 0 Å². The van der Waals surface area contributed by atoms with E-state index in [1.165, 1.54) is 0 Å². The molecule has 0 aromatic heterocycles. The highest BCUT2D eigenvalue weighted by molar-refractivity contribution is 4.82. The van der Waals surface area contributed by atoms with Crippen LogP contribution in [0, 0.1) is 11.3 Å². The minimum Gasteiger partial charge on any atom is -0.198 e. The maximum absolute atomic E-state index is 8.65. The number of nitriles is 1. The molecular weight excluding hydrogens is 176 g/mol. The first-order valence-electron chi connectivity index (χ1n) is 5.23. The molecule has 0 bridgehead atoms. The zero-order valence-electron chi connectivity index (χ0n) is 10.2. The second-order valence-corrected chi connectivity index (χ2v) is 4.91. The summed E-state index contributed by atoms with van der Waals surface area (Å²) >= 11 is 0. The van der Waals surface area contributed by atoms with Gasteiger partial charge in [-0.3, -0.25) is 0 Å². The Labute approximate surface area is 87.6 Å². The van der Waals surface area contributed by atoms with Crippen LogP contribution >= 0.6 is 0 Å². The summed E-state index contributed by atoms with van der Waals surface area (Å²) in [6.07, 6.45) is 0.427. The molecule has 0 rings (SSSR count). The molecule has 0 aliphatic rings. The molecule has 14 heavy (non-hydrogen) atoms. The molecule has 0 radical (unpaired) electrons. The van der Waals surface area contributed by atoms with Crippen LogP contribution in [0.4, 0.5) is 0 Å². The van der Waals surface area contributed by atoms with Gasteiger partial charge < -0.3 is 0 Å². The second-order valence-electron chi connectivity index (χ2n) is 4.91. The summed E-state index contributed by atoms with van der Waals surface area (Å²) in [5.74, 6) is 0. The number of nitrogens with zero attached hydrogens (tertiary/aromatic N) is 1. The Morgan fingerprint density at radius 2 is 1.64 bits per heavy atom. The summed E-state index contributed by atoms with van der Waals surface area (Å²) in [6.45, 7) is 12.4. The Hall–Kier alpha value is -0.590. The van der Waals surface area contributed by atoms with Crippen molar-refractivity contribution in [1.82, 2.24) is 0 Å². The number of rotatable bonds is 5. The van der Waals surface area contributed by atoms with E-state index in [2.05, 4.69) is 33.8 Å². The van der Waals surface area contributed by atoms with Crippen molar-refractivity contribution in [2.45, 2.75) is 65.6 Å². The normalized spacial score (nSPS) is 12.6. The highest BCUT2D eigenvalue weighted by Gasteiger charge is 2.29. The van der Waals surface area contributed by atoms with Crippen molar-refractivity contribution >= 4 is 0 Å². The number of hydrogen-bond donors (Lipinski definition) is 1. The maximum atomic E-state index is 8.65. The zero-order chi connectivity index (χ0) is 11.4. The summed E-state index contributed by atoms with van der Waals surface area (Å²) in [5.41, 5.74) is -0.362. The van der Waals surface area contributed by atoms with Crippen LogP contribution < -0.4 is 5.06 Å². The van der Waals surface area contributed by atoms with Crippen LogP contribution in [0.15, 0.2) is 0 Å². The zero-order valence-corrected chi connectivity index (χ0v) is 10.2. The first-order chi connectivity index (χ1) is 6.30. The van der Waals surface area contributed by atoms with Crippen molar-refractivity contribution in [3.8, 4) is 6.07 Å². The van der Waals surface area contributed by atoms with Gasteiger partial charge in [0.25, 0.3) is 0 Å². The minimum atomic E-state index is -0.362. The third kappa shape index (κ3) is 4.59. The van der Waals surface area contributed by atoms with Crippen molar-refractivity contribution in [3.05, 3.63) is 0 Å². The Morgan fingerprint density at radius 1 is 1.21 bits per heavy atom. The molecule has 0 fully saturated rings. The fourth-order valence-corrected chi connectivity index (χ4v) is 1.45. The van der Waals surface area contributed by atoms with Crippen LogP contribution in [0.1, 0.15) is 48.0 Å². The molecular formula is C11H23N2O+. The predicted molar refractivity (Wildman–Crippen MR) is 56.6 cm³/mol. The van der Waals surface area contributed by atoms with Crippen LogP contribution in [0.5, 0.6) is 0 Å². The lowest BCUT2D eigenvalue weighted by molar-refractivity contribution is -1.13. The summed E-state index contributed by atoms with van der Waals surface area (Å²) in [5, 5.41) is 9.74. The molecule has 0 heterocycles. The highest BCUT2D eigenvalue weighted by Crippen LogP contribution is 2.10. The average molecular weight is 199 g/mol. The molecule has 3 heteroatoms. The molecule has 0 unspecified atom stereocenters. The molecule has 0 aromatic carbocycles. The lowest BCUT2D eigenvalue weighted by atomic mass is 10.1. The monoisotopic (exact) mass is 199 g/mol. The third-order valence-corrected chi connectivity index (χ3v) is 2.04. The Morgan fingerprint density at radius 3 is 1.93 bits per heavy atom. The summed E-state index contributed by atoms with van der Waals surface area (Å²) in [4.78, 5) is 5.90. The van der Waals surface area contributed by atoms with Gasteiger partial charge in [0.1, 0.15) is 17.7 Å². The minimum absolute atomic E-state index is 0.362. The molecule has 0 spiro atoms. The number of hydroxylamine groups is 2. The smallest absolute Gasteiger partial charge is 0.134 e. The molecule has 3 nitrogen and oxygen atoms in total. The molecule has 1 N–H and O–H groups in total. The van der Waals surface area contributed by atoms with E-state index < -0.39 is 0 Å². The largest absolute Gasteiger partial charge is 0.198 e. The van der Waals surface area contributed by atoms with E-state index in [4.69, 9.17) is 10.1 Å². The molecule has 0 saturated carbocycles. The van der Waals surface area contributed by atoms with Gasteiger partial charge in [-0.1, -0.05) is 0 Å². The van der Waals surface area contributed by atoms with E-state index in [0.717, 1.165) is 5.06 Å². The predicted octanol–water partition coefficient (Wildman–Crippen LogP) is 1.31. The summed E-state index contributed by atoms with van der Waals surface area (Å²) in [7, 11) is 0.